The summed E-state index contributed by atoms with van der Waals surface area (Å²) in [6.45, 7) is 2.02. The molecular formula is C27H28N4OS. The predicted molar refractivity (Wildman–Crippen MR) is 134 cm³/mol. The maximum absolute atomic E-state index is 13.3. The highest BCUT2D eigenvalue weighted by molar-refractivity contribution is 7.10. The average Bonchev–Trinajstić information content (AvgIpc) is 3.34. The lowest BCUT2D eigenvalue weighted by Crippen LogP contribution is -2.53. The molecule has 6 heteroatoms. The predicted octanol–water partition coefficient (Wildman–Crippen LogP) is 5.32. The van der Waals surface area contributed by atoms with E-state index in [-0.39, 0.29) is 17.8 Å². The van der Waals surface area contributed by atoms with Crippen LogP contribution in [0.15, 0.2) is 71.0 Å². The first-order valence-corrected chi connectivity index (χ1v) is 12.1. The lowest BCUT2D eigenvalue weighted by molar-refractivity contribution is -0.134. The zero-order valence-electron chi connectivity index (χ0n) is 19.0. The topological polar surface area (TPSA) is 82.5 Å². The Bertz CT molecular complexity index is 1210. The van der Waals surface area contributed by atoms with Crippen LogP contribution in [0.4, 0.5) is 0 Å². The number of benzene rings is 2. The number of aliphatic imine (C=N–C) groups is 1. The van der Waals surface area contributed by atoms with Gasteiger partial charge >= 0.3 is 0 Å². The molecule has 0 aliphatic carbocycles. The fourth-order valence-electron chi connectivity index (χ4n) is 4.45. The summed E-state index contributed by atoms with van der Waals surface area (Å²) in [5.74, 6) is -0.00174. The maximum Gasteiger partial charge on any atom is 0.234 e. The van der Waals surface area contributed by atoms with Gasteiger partial charge in [0.05, 0.1) is 17.6 Å². The van der Waals surface area contributed by atoms with E-state index in [4.69, 9.17) is 10.7 Å². The third-order valence-electron chi connectivity index (χ3n) is 6.47. The van der Waals surface area contributed by atoms with Crippen LogP contribution >= 0.6 is 11.3 Å². The molecule has 1 aliphatic heterocycles. The third kappa shape index (κ3) is 4.69. The average molecular weight is 457 g/mol. The number of nitrogens with two attached hydrogens (primary N) is 1. The van der Waals surface area contributed by atoms with Gasteiger partial charge in [0.15, 0.2) is 5.96 Å². The Kier molecular flexibility index (Phi) is 6.62. The number of unbranched alkanes of at least 4 members (excludes halogenated alkanes) is 1. The van der Waals surface area contributed by atoms with Gasteiger partial charge in [-0.15, -0.1) is 11.3 Å². The standard InChI is InChI=1S/C27H28N4OS/c1-27(24-16-22(18-33-24)21-13-8-12-20(15-21)17-28)23(25(32)31(2)26(29)30-27)14-7-6-11-19-9-4-3-5-10-19/h3-5,8-10,12-13,15-16,18,23H,6-7,11,14H2,1-2H3,(H2,29,30)/t23?,27-/m0/s1. The summed E-state index contributed by atoms with van der Waals surface area (Å²) in [6.07, 6.45) is 3.70. The van der Waals surface area contributed by atoms with Crippen molar-refractivity contribution in [3.8, 4) is 17.2 Å². The van der Waals surface area contributed by atoms with E-state index < -0.39 is 5.54 Å². The Labute approximate surface area is 199 Å². The molecule has 2 aromatic carbocycles. The molecule has 5 nitrogen and oxygen atoms in total. The highest BCUT2D eigenvalue weighted by atomic mass is 32.1. The molecular weight excluding hydrogens is 428 g/mol. The summed E-state index contributed by atoms with van der Waals surface area (Å²) in [6, 6.07) is 22.3. The molecule has 1 aliphatic rings. The van der Waals surface area contributed by atoms with Gasteiger partial charge in [-0.2, -0.15) is 5.26 Å². The van der Waals surface area contributed by atoms with Crippen molar-refractivity contribution in [2.45, 2.75) is 38.1 Å². The second-order valence-corrected chi connectivity index (χ2v) is 9.60. The van der Waals surface area contributed by atoms with E-state index in [1.165, 1.54) is 10.5 Å². The quantitative estimate of drug-likeness (QED) is 0.489. The molecule has 1 amide bonds. The number of guanidine groups is 1. The molecule has 33 heavy (non-hydrogen) atoms. The number of amides is 1. The van der Waals surface area contributed by atoms with Gasteiger partial charge in [-0.3, -0.25) is 9.69 Å². The number of aryl methyl sites for hydroxylation is 1. The monoisotopic (exact) mass is 456 g/mol. The van der Waals surface area contributed by atoms with Crippen molar-refractivity contribution in [3.63, 3.8) is 0 Å². The van der Waals surface area contributed by atoms with Gasteiger partial charge in [-0.25, -0.2) is 4.99 Å². The molecule has 4 rings (SSSR count). The van der Waals surface area contributed by atoms with E-state index >= 15 is 0 Å². The van der Waals surface area contributed by atoms with Crippen molar-refractivity contribution in [1.82, 2.24) is 4.90 Å². The molecule has 2 N–H and O–H groups in total. The maximum atomic E-state index is 13.3. The minimum absolute atomic E-state index is 0.0196. The number of rotatable bonds is 7. The van der Waals surface area contributed by atoms with Gasteiger partial charge in [-0.1, -0.05) is 48.9 Å². The molecule has 0 bridgehead atoms. The number of carbonyl (C=O) groups excluding carboxylic acids is 1. The molecule has 0 fully saturated rings. The molecule has 1 aromatic heterocycles. The summed E-state index contributed by atoms with van der Waals surface area (Å²) >= 11 is 1.59. The highest BCUT2D eigenvalue weighted by Gasteiger charge is 2.46. The molecule has 1 unspecified atom stereocenters. The second kappa shape index (κ2) is 9.60. The molecule has 2 heterocycles. The lowest BCUT2D eigenvalue weighted by Gasteiger charge is -2.40. The van der Waals surface area contributed by atoms with Crippen molar-refractivity contribution in [2.24, 2.45) is 16.6 Å². The van der Waals surface area contributed by atoms with Crippen LogP contribution in [0.25, 0.3) is 11.1 Å². The van der Waals surface area contributed by atoms with Gasteiger partial charge in [-0.05, 0) is 66.5 Å². The molecule has 0 radical (unpaired) electrons. The fourth-order valence-corrected chi connectivity index (χ4v) is 5.53. The lowest BCUT2D eigenvalue weighted by atomic mass is 9.78. The van der Waals surface area contributed by atoms with Crippen LogP contribution < -0.4 is 5.73 Å². The van der Waals surface area contributed by atoms with Crippen molar-refractivity contribution >= 4 is 23.2 Å². The van der Waals surface area contributed by atoms with E-state index in [2.05, 4.69) is 41.8 Å². The number of nitrogens with zero attached hydrogens (tertiary/aromatic N) is 3. The molecule has 2 atom stereocenters. The minimum atomic E-state index is -0.712. The van der Waals surface area contributed by atoms with E-state index in [0.29, 0.717) is 5.56 Å². The number of hydrogen-bond acceptors (Lipinski definition) is 5. The zero-order valence-corrected chi connectivity index (χ0v) is 19.8. The Morgan fingerprint density at radius 1 is 1.12 bits per heavy atom. The minimum Gasteiger partial charge on any atom is -0.369 e. The van der Waals surface area contributed by atoms with Crippen LogP contribution in [0.2, 0.25) is 0 Å². The van der Waals surface area contributed by atoms with Gasteiger partial charge in [0.1, 0.15) is 5.54 Å². The third-order valence-corrected chi connectivity index (χ3v) is 7.63. The van der Waals surface area contributed by atoms with E-state index in [1.54, 1.807) is 24.5 Å². The van der Waals surface area contributed by atoms with E-state index in [1.807, 2.05) is 31.2 Å². The summed E-state index contributed by atoms with van der Waals surface area (Å²) < 4.78 is 0. The van der Waals surface area contributed by atoms with Crippen LogP contribution in [0, 0.1) is 17.2 Å². The number of thiophene rings is 1. The normalized spacial score (nSPS) is 20.4. The van der Waals surface area contributed by atoms with Crippen LogP contribution in [0.5, 0.6) is 0 Å². The van der Waals surface area contributed by atoms with Crippen LogP contribution in [0.1, 0.15) is 42.2 Å². The van der Waals surface area contributed by atoms with Gasteiger partial charge in [0.25, 0.3) is 0 Å². The first-order valence-electron chi connectivity index (χ1n) is 11.2. The number of hydrogen-bond donors (Lipinski definition) is 1. The molecule has 0 saturated heterocycles. The highest BCUT2D eigenvalue weighted by Crippen LogP contribution is 2.44. The summed E-state index contributed by atoms with van der Waals surface area (Å²) in [5.41, 5.74) is 9.39. The SMILES string of the molecule is CN1C(=O)C(CCCCc2ccccc2)[C@@](C)(c2cc(-c3cccc(C#N)c3)cs2)N=C1N. The van der Waals surface area contributed by atoms with Crippen molar-refractivity contribution < 1.29 is 4.79 Å². The Hall–Kier alpha value is -3.43. The van der Waals surface area contributed by atoms with E-state index in [9.17, 15) is 10.1 Å². The largest absolute Gasteiger partial charge is 0.369 e. The van der Waals surface area contributed by atoms with Crippen LogP contribution in [-0.4, -0.2) is 23.8 Å². The molecule has 168 valence electrons. The summed E-state index contributed by atoms with van der Waals surface area (Å²) in [4.78, 5) is 20.6. The molecule has 0 spiro atoms. The Balaban J connectivity index is 1.57. The van der Waals surface area contributed by atoms with Crippen molar-refractivity contribution in [3.05, 3.63) is 82.0 Å². The Morgan fingerprint density at radius 2 is 1.91 bits per heavy atom. The first-order chi connectivity index (χ1) is 15.9. The molecule has 0 saturated carbocycles. The smallest absolute Gasteiger partial charge is 0.234 e. The van der Waals surface area contributed by atoms with E-state index in [0.717, 1.165) is 41.7 Å². The van der Waals surface area contributed by atoms with Crippen LogP contribution in [0.3, 0.4) is 0 Å². The van der Waals surface area contributed by atoms with Gasteiger partial charge in [0, 0.05) is 11.9 Å². The Morgan fingerprint density at radius 3 is 2.67 bits per heavy atom. The summed E-state index contributed by atoms with van der Waals surface area (Å²) in [7, 11) is 1.70. The molecule has 3 aromatic rings. The number of carbonyl (C=O) groups is 1. The van der Waals surface area contributed by atoms with Crippen LogP contribution in [-0.2, 0) is 16.8 Å². The second-order valence-electron chi connectivity index (χ2n) is 8.69. The van der Waals surface area contributed by atoms with Gasteiger partial charge in [0.2, 0.25) is 5.91 Å². The first kappa shape index (κ1) is 22.8. The van der Waals surface area contributed by atoms with Crippen molar-refractivity contribution in [1.29, 1.82) is 5.26 Å². The van der Waals surface area contributed by atoms with Crippen molar-refractivity contribution in [2.75, 3.05) is 7.05 Å². The zero-order chi connectivity index (χ0) is 23.4. The van der Waals surface area contributed by atoms with Gasteiger partial charge < -0.3 is 5.73 Å². The number of nitriles is 1. The summed E-state index contributed by atoms with van der Waals surface area (Å²) in [5, 5.41) is 11.3. The fraction of sp³-hybridized carbons (Fsp3) is 0.296.